The number of nitrogens with zero attached hydrogens (tertiary/aromatic N) is 1. The van der Waals surface area contributed by atoms with Gasteiger partial charge in [0.05, 0.1) is 18.4 Å². The summed E-state index contributed by atoms with van der Waals surface area (Å²) in [5.41, 5.74) is 0.810. The van der Waals surface area contributed by atoms with Crippen molar-refractivity contribution in [2.45, 2.75) is 43.1 Å². The highest BCUT2D eigenvalue weighted by Gasteiger charge is 2.82. The molecule has 0 amide bonds. The van der Waals surface area contributed by atoms with Gasteiger partial charge >= 0.3 is 11.9 Å². The van der Waals surface area contributed by atoms with Crippen molar-refractivity contribution in [3.05, 3.63) is 83.1 Å². The van der Waals surface area contributed by atoms with Gasteiger partial charge in [-0.3, -0.25) is 9.59 Å². The van der Waals surface area contributed by atoms with Gasteiger partial charge in [0.2, 0.25) is 5.54 Å². The van der Waals surface area contributed by atoms with Gasteiger partial charge in [0, 0.05) is 18.4 Å². The van der Waals surface area contributed by atoms with Gasteiger partial charge in [-0.05, 0) is 17.5 Å². The zero-order chi connectivity index (χ0) is 20.8. The van der Waals surface area contributed by atoms with Crippen molar-refractivity contribution < 1.29 is 19.1 Å². The Morgan fingerprint density at radius 1 is 1.13 bits per heavy atom. The molecule has 150 valence electrons. The minimum Gasteiger partial charge on any atom is -0.441 e. The van der Waals surface area contributed by atoms with Crippen molar-refractivity contribution in [3.8, 4) is 6.07 Å². The summed E-state index contributed by atoms with van der Waals surface area (Å²) in [5, 5.41) is 13.2. The van der Waals surface area contributed by atoms with Crippen LogP contribution in [-0.2, 0) is 25.5 Å². The smallest absolute Gasteiger partial charge is 0.351 e. The maximum absolute atomic E-state index is 12.8. The van der Waals surface area contributed by atoms with Gasteiger partial charge < -0.3 is 9.47 Å². The van der Waals surface area contributed by atoms with Crippen LogP contribution in [0.1, 0.15) is 36.3 Å². The predicted molar refractivity (Wildman–Crippen MR) is 107 cm³/mol. The molecule has 0 spiro atoms. The molecule has 30 heavy (non-hydrogen) atoms. The maximum Gasteiger partial charge on any atom is 0.351 e. The Morgan fingerprint density at radius 3 is 2.53 bits per heavy atom. The molecule has 1 saturated heterocycles. The molecule has 2 heterocycles. The van der Waals surface area contributed by atoms with Crippen LogP contribution < -0.4 is 5.32 Å². The third-order valence-corrected chi connectivity index (χ3v) is 5.97. The number of benzene rings is 2. The highest BCUT2D eigenvalue weighted by atomic mass is 16.8. The average Bonchev–Trinajstić information content (AvgIpc) is 3.41. The molecule has 1 N–H and O–H groups in total. The first-order valence-electron chi connectivity index (χ1n) is 10.0. The van der Waals surface area contributed by atoms with Crippen LogP contribution in [-0.4, -0.2) is 23.2 Å². The summed E-state index contributed by atoms with van der Waals surface area (Å²) in [7, 11) is 0. The standard InChI is InChI=1S/C24H20N2O4/c25-15-23-22(17-10-5-2-6-11-17)21-18(27)12-7-13-19(21)29-24(23,26-23)30-20(28)14-16-8-3-1-4-9-16/h1-6,8-11,22,26H,7,12-14H2. The summed E-state index contributed by atoms with van der Waals surface area (Å²) in [6.45, 7) is 0. The molecule has 2 aromatic rings. The third kappa shape index (κ3) is 2.74. The number of allylic oxidation sites excluding steroid dienone is 1. The second-order valence-corrected chi connectivity index (χ2v) is 7.86. The number of ketones is 1. The molecule has 0 aromatic heterocycles. The van der Waals surface area contributed by atoms with Crippen molar-refractivity contribution in [3.63, 3.8) is 0 Å². The molecule has 3 aliphatic rings. The van der Waals surface area contributed by atoms with E-state index in [4.69, 9.17) is 9.47 Å². The second-order valence-electron chi connectivity index (χ2n) is 7.86. The highest BCUT2D eigenvalue weighted by Crippen LogP contribution is 2.59. The fourth-order valence-electron chi connectivity index (χ4n) is 4.56. The Morgan fingerprint density at radius 2 is 1.83 bits per heavy atom. The number of nitriles is 1. The SMILES string of the molecule is N#CC12NC1(OC(=O)Cc1ccccc1)OC1=C(C(=O)CCC1)C2c1ccccc1. The molecule has 1 aliphatic carbocycles. The van der Waals surface area contributed by atoms with Crippen LogP contribution in [0.15, 0.2) is 72.0 Å². The zero-order valence-corrected chi connectivity index (χ0v) is 16.3. The lowest BCUT2D eigenvalue weighted by Gasteiger charge is -2.35. The molecular formula is C24H20N2O4. The topological polar surface area (TPSA) is 98.3 Å². The van der Waals surface area contributed by atoms with Gasteiger partial charge in [-0.1, -0.05) is 60.7 Å². The van der Waals surface area contributed by atoms with Gasteiger partial charge in [-0.2, -0.15) is 5.26 Å². The quantitative estimate of drug-likeness (QED) is 0.625. The first-order chi connectivity index (χ1) is 14.6. The van der Waals surface area contributed by atoms with Crippen molar-refractivity contribution >= 4 is 11.8 Å². The van der Waals surface area contributed by atoms with Gasteiger partial charge in [0.1, 0.15) is 5.76 Å². The number of carbonyl (C=O) groups is 2. The molecule has 2 aliphatic heterocycles. The number of ether oxygens (including phenoxy) is 2. The van der Waals surface area contributed by atoms with Crippen LogP contribution in [0.4, 0.5) is 0 Å². The molecule has 0 saturated carbocycles. The Bertz CT molecular complexity index is 1090. The summed E-state index contributed by atoms with van der Waals surface area (Å²) in [4.78, 5) is 25.5. The molecular weight excluding hydrogens is 380 g/mol. The Hall–Kier alpha value is -3.43. The van der Waals surface area contributed by atoms with E-state index in [1.165, 1.54) is 0 Å². The maximum atomic E-state index is 12.8. The summed E-state index contributed by atoms with van der Waals surface area (Å²) in [6, 6.07) is 20.9. The molecule has 6 heteroatoms. The minimum atomic E-state index is -1.58. The van der Waals surface area contributed by atoms with Crippen LogP contribution in [0, 0.1) is 11.3 Å². The Labute approximate surface area is 174 Å². The first-order valence-corrected chi connectivity index (χ1v) is 10.0. The fraction of sp³-hybridized carbons (Fsp3) is 0.292. The van der Waals surface area contributed by atoms with E-state index in [0.717, 1.165) is 11.1 Å². The van der Waals surface area contributed by atoms with Crippen molar-refractivity contribution in [2.75, 3.05) is 0 Å². The number of hydrogen-bond donors (Lipinski definition) is 1. The average molecular weight is 400 g/mol. The van der Waals surface area contributed by atoms with Crippen LogP contribution in [0.2, 0.25) is 0 Å². The summed E-state index contributed by atoms with van der Waals surface area (Å²) < 4.78 is 11.8. The third-order valence-electron chi connectivity index (χ3n) is 5.97. The van der Waals surface area contributed by atoms with Crippen molar-refractivity contribution in [2.24, 2.45) is 0 Å². The lowest BCUT2D eigenvalue weighted by molar-refractivity contribution is -0.189. The van der Waals surface area contributed by atoms with Crippen molar-refractivity contribution in [1.29, 1.82) is 5.26 Å². The molecule has 6 nitrogen and oxygen atoms in total. The van der Waals surface area contributed by atoms with E-state index in [-0.39, 0.29) is 12.2 Å². The number of carbonyl (C=O) groups excluding carboxylic acids is 2. The van der Waals surface area contributed by atoms with Gasteiger partial charge in [0.15, 0.2) is 5.78 Å². The van der Waals surface area contributed by atoms with Gasteiger partial charge in [0.25, 0.3) is 0 Å². The highest BCUT2D eigenvalue weighted by molar-refractivity contribution is 5.99. The van der Waals surface area contributed by atoms with E-state index in [1.807, 2.05) is 60.7 Å². The number of nitrogens with one attached hydrogen (secondary N) is 1. The number of fused-ring (bicyclic) bond motifs is 1. The molecule has 5 rings (SSSR count). The normalized spacial score (nSPS) is 29.2. The monoisotopic (exact) mass is 400 g/mol. The molecule has 2 aromatic carbocycles. The van der Waals surface area contributed by atoms with Crippen LogP contribution in [0.25, 0.3) is 0 Å². The fourth-order valence-corrected chi connectivity index (χ4v) is 4.56. The number of Topliss-reactive ketones (excluding diaryl/α,β-unsaturated/α-hetero) is 1. The number of hydrogen-bond acceptors (Lipinski definition) is 6. The second kappa shape index (κ2) is 6.82. The molecule has 0 bridgehead atoms. The lowest BCUT2D eigenvalue weighted by Crippen LogP contribution is -2.44. The van der Waals surface area contributed by atoms with E-state index in [1.54, 1.807) is 0 Å². The predicted octanol–water partition coefficient (Wildman–Crippen LogP) is 3.11. The minimum absolute atomic E-state index is 0.0161. The lowest BCUT2D eigenvalue weighted by atomic mass is 9.73. The van der Waals surface area contributed by atoms with Crippen molar-refractivity contribution in [1.82, 2.24) is 5.32 Å². The zero-order valence-electron chi connectivity index (χ0n) is 16.3. The number of rotatable bonds is 4. The summed E-state index contributed by atoms with van der Waals surface area (Å²) in [6.07, 6.45) is 1.74. The summed E-state index contributed by atoms with van der Waals surface area (Å²) >= 11 is 0. The Kier molecular flexibility index (Phi) is 4.23. The molecule has 1 fully saturated rings. The van der Waals surface area contributed by atoms with E-state index in [2.05, 4.69) is 11.4 Å². The summed E-state index contributed by atoms with van der Waals surface area (Å²) in [5.74, 6) is -2.14. The van der Waals surface area contributed by atoms with Crippen LogP contribution in [0.5, 0.6) is 0 Å². The molecule has 3 atom stereocenters. The molecule has 3 unspecified atom stereocenters. The number of esters is 1. The van der Waals surface area contributed by atoms with Crippen LogP contribution >= 0.6 is 0 Å². The van der Waals surface area contributed by atoms with Gasteiger partial charge in [-0.15, -0.1) is 0 Å². The largest absolute Gasteiger partial charge is 0.441 e. The first kappa shape index (κ1) is 18.6. The van der Waals surface area contributed by atoms with E-state index < -0.39 is 23.3 Å². The van der Waals surface area contributed by atoms with E-state index >= 15 is 0 Å². The van der Waals surface area contributed by atoms with E-state index in [9.17, 15) is 14.9 Å². The molecule has 0 radical (unpaired) electrons. The Balaban J connectivity index is 1.53. The van der Waals surface area contributed by atoms with E-state index in [0.29, 0.717) is 30.6 Å². The van der Waals surface area contributed by atoms with Crippen LogP contribution in [0.3, 0.4) is 0 Å². The van der Waals surface area contributed by atoms with Gasteiger partial charge in [-0.25, -0.2) is 5.32 Å².